The molecule has 1 aromatic carbocycles. The molecular weight excluding hydrogens is 764 g/mol. The van der Waals surface area contributed by atoms with Gasteiger partial charge in [0.05, 0.1) is 7.11 Å². The van der Waals surface area contributed by atoms with Crippen LogP contribution in [0.4, 0.5) is 8.78 Å². The zero-order valence-electron chi connectivity index (χ0n) is 30.6. The third-order valence-electron chi connectivity index (χ3n) is 8.01. The number of methoxy groups -OCH3 is 1. The Bertz CT molecular complexity index is 1990. The van der Waals surface area contributed by atoms with Gasteiger partial charge in [-0.1, -0.05) is 5.11 Å². The van der Waals surface area contributed by atoms with Crippen LogP contribution in [0.15, 0.2) is 26.5 Å². The molecule has 0 N–H and O–H groups in total. The summed E-state index contributed by atoms with van der Waals surface area (Å²) in [5.74, 6) is -10.5. The van der Waals surface area contributed by atoms with Crippen LogP contribution in [0.5, 0.6) is 5.75 Å². The minimum atomic E-state index is -2.23. The van der Waals surface area contributed by atoms with Crippen molar-refractivity contribution in [2.45, 2.75) is 103 Å². The largest absolute Gasteiger partial charge is 0.467 e. The first-order valence-electron chi connectivity index (χ1n) is 16.4. The Hall–Kier alpha value is -5.90. The first-order chi connectivity index (χ1) is 26.4. The molecule has 304 valence electrons. The highest BCUT2D eigenvalue weighted by Crippen LogP contribution is 2.38. The summed E-state index contributed by atoms with van der Waals surface area (Å²) < 4.78 is 90.9. The fourth-order valence-electron chi connectivity index (χ4n) is 5.92. The van der Waals surface area contributed by atoms with Crippen LogP contribution in [-0.2, 0) is 71.4 Å². The quantitative estimate of drug-likeness (QED) is 0.0738. The standard InChI is InChI=1S/C33H35F2N3O18/c1-11-8-20(44)53-23-17(11)9-18(34)24(21(23)35)54-33-30(51-16(6)43)28(50-15(5)42)27(29(56-33)31(45)46-7)55-32-22(37-38-36)26(49-14(4)41)25(48-13(3)40)19(52-32)10-47-12(2)39/h8-9,19,22,25-30,32-33H,10H2,1-7H3/t19-,22-,25-,26-,27+,28?,29+,30-,32-,33-/m1/s1. The van der Waals surface area contributed by atoms with Crippen LogP contribution in [0.3, 0.4) is 0 Å². The summed E-state index contributed by atoms with van der Waals surface area (Å²) in [6, 6.07) is -0.0497. The molecule has 23 heteroatoms. The van der Waals surface area contributed by atoms with Gasteiger partial charge in [-0.25, -0.2) is 14.0 Å². The van der Waals surface area contributed by atoms with Gasteiger partial charge in [-0.2, -0.15) is 4.39 Å². The Balaban J connectivity index is 1.87. The molecule has 1 unspecified atom stereocenters. The average Bonchev–Trinajstić information content (AvgIpc) is 3.09. The summed E-state index contributed by atoms with van der Waals surface area (Å²) in [6.07, 6.45) is -17.4. The molecule has 0 saturated carbocycles. The van der Waals surface area contributed by atoms with E-state index >= 15 is 8.78 Å². The van der Waals surface area contributed by atoms with E-state index in [1.165, 1.54) is 6.92 Å². The molecular formula is C33H35F2N3O18. The Morgan fingerprint density at radius 1 is 0.804 bits per heavy atom. The number of esters is 6. The van der Waals surface area contributed by atoms with Crippen LogP contribution < -0.4 is 10.4 Å². The van der Waals surface area contributed by atoms with Gasteiger partial charge in [0, 0.05) is 51.0 Å². The van der Waals surface area contributed by atoms with Crippen molar-refractivity contribution in [2.24, 2.45) is 5.11 Å². The van der Waals surface area contributed by atoms with Crippen molar-refractivity contribution in [1.82, 2.24) is 0 Å². The lowest BCUT2D eigenvalue weighted by Crippen LogP contribution is -2.67. The van der Waals surface area contributed by atoms with Gasteiger partial charge in [-0.05, 0) is 24.1 Å². The van der Waals surface area contributed by atoms with Crippen molar-refractivity contribution in [1.29, 1.82) is 0 Å². The fourth-order valence-corrected chi connectivity index (χ4v) is 5.92. The molecule has 2 aromatic rings. The number of fused-ring (bicyclic) bond motifs is 1. The number of rotatable bonds is 12. The summed E-state index contributed by atoms with van der Waals surface area (Å²) in [7, 11) is 0.889. The maximum absolute atomic E-state index is 15.8. The van der Waals surface area contributed by atoms with Crippen LogP contribution in [0.2, 0.25) is 0 Å². The van der Waals surface area contributed by atoms with E-state index in [0.717, 1.165) is 53.9 Å². The first kappa shape index (κ1) is 42.8. The van der Waals surface area contributed by atoms with E-state index in [2.05, 4.69) is 10.0 Å². The molecule has 21 nitrogen and oxygen atoms in total. The molecule has 0 bridgehead atoms. The number of hydrogen-bond donors (Lipinski definition) is 0. The van der Waals surface area contributed by atoms with Crippen LogP contribution in [0.25, 0.3) is 21.4 Å². The second-order valence-corrected chi connectivity index (χ2v) is 12.1. The summed E-state index contributed by atoms with van der Waals surface area (Å²) in [6.45, 7) is 5.47. The highest BCUT2D eigenvalue weighted by atomic mass is 19.1. The molecule has 2 aliphatic heterocycles. The molecule has 1 aromatic heterocycles. The number of carbonyl (C=O) groups is 6. The zero-order chi connectivity index (χ0) is 41.6. The minimum Gasteiger partial charge on any atom is -0.467 e. The van der Waals surface area contributed by atoms with Crippen molar-refractivity contribution >= 4 is 46.8 Å². The molecule has 0 spiro atoms. The third kappa shape index (κ3) is 9.85. The number of hydrogen-bond acceptors (Lipinski definition) is 19. The summed E-state index contributed by atoms with van der Waals surface area (Å²) in [5.41, 5.74) is 7.93. The second-order valence-electron chi connectivity index (χ2n) is 12.1. The zero-order valence-corrected chi connectivity index (χ0v) is 30.6. The number of halogens is 2. The van der Waals surface area contributed by atoms with Crippen LogP contribution >= 0.6 is 0 Å². The number of ether oxygens (including phenoxy) is 10. The normalized spacial score (nSPS) is 27.2. The molecule has 3 heterocycles. The Morgan fingerprint density at radius 2 is 1.39 bits per heavy atom. The smallest absolute Gasteiger partial charge is 0.338 e. The van der Waals surface area contributed by atoms with E-state index in [0.29, 0.717) is 0 Å². The first-order valence-corrected chi connectivity index (χ1v) is 16.4. The Labute approximate surface area is 313 Å². The molecule has 0 aliphatic carbocycles. The predicted molar refractivity (Wildman–Crippen MR) is 174 cm³/mol. The van der Waals surface area contributed by atoms with Gasteiger partial charge >= 0.3 is 41.4 Å². The van der Waals surface area contributed by atoms with E-state index in [4.69, 9.17) is 51.8 Å². The average molecular weight is 800 g/mol. The van der Waals surface area contributed by atoms with Crippen molar-refractivity contribution in [2.75, 3.05) is 13.7 Å². The van der Waals surface area contributed by atoms with Gasteiger partial charge in [-0.15, -0.1) is 0 Å². The number of aryl methyl sites for hydroxylation is 1. The topological polar surface area (TPSA) is 274 Å². The van der Waals surface area contributed by atoms with Gasteiger partial charge in [0.1, 0.15) is 24.9 Å². The van der Waals surface area contributed by atoms with Crippen LogP contribution in [-0.4, -0.2) is 111 Å². The fraction of sp³-hybridized carbons (Fsp3) is 0.545. The molecule has 0 amide bonds. The molecule has 10 atom stereocenters. The molecule has 4 rings (SSSR count). The summed E-state index contributed by atoms with van der Waals surface area (Å²) >= 11 is 0. The lowest BCUT2D eigenvalue weighted by Gasteiger charge is -2.47. The van der Waals surface area contributed by atoms with Crippen LogP contribution in [0, 0.1) is 18.6 Å². The maximum atomic E-state index is 15.8. The van der Waals surface area contributed by atoms with Gasteiger partial charge < -0.3 is 51.8 Å². The SMILES string of the molecule is COC(=O)[C@H]1O[C@@H](Oc2c(F)cc3c(C)cc(=O)oc3c2F)[C@H](OC(C)=O)C(OC(C)=O)[C@@H]1O[C@H]1O[C@H](COC(C)=O)[C@@H](OC(C)=O)[C@H](OC(C)=O)[C@H]1N=[N+]=[N-]. The van der Waals surface area contributed by atoms with E-state index < -0.39 is 132 Å². The van der Waals surface area contributed by atoms with Crippen molar-refractivity contribution in [3.8, 4) is 5.75 Å². The van der Waals surface area contributed by atoms with E-state index in [9.17, 15) is 39.1 Å². The van der Waals surface area contributed by atoms with E-state index in [-0.39, 0.29) is 10.9 Å². The second kappa shape index (κ2) is 18.2. The number of carbonyl (C=O) groups excluding carboxylic acids is 6. The monoisotopic (exact) mass is 799 g/mol. The minimum absolute atomic E-state index is 0.141. The van der Waals surface area contributed by atoms with Crippen molar-refractivity contribution < 1.29 is 89.3 Å². The summed E-state index contributed by atoms with van der Waals surface area (Å²) in [4.78, 5) is 89.3. The van der Waals surface area contributed by atoms with Gasteiger partial charge in [0.2, 0.25) is 18.2 Å². The predicted octanol–water partition coefficient (Wildman–Crippen LogP) is 1.74. The van der Waals surface area contributed by atoms with Gasteiger partial charge in [-0.3, -0.25) is 24.0 Å². The highest BCUT2D eigenvalue weighted by molar-refractivity contribution is 5.82. The number of azide groups is 1. The Morgan fingerprint density at radius 3 is 1.96 bits per heavy atom. The van der Waals surface area contributed by atoms with Gasteiger partial charge in [0.15, 0.2) is 47.9 Å². The molecule has 2 saturated heterocycles. The van der Waals surface area contributed by atoms with Crippen LogP contribution in [0.1, 0.15) is 40.2 Å². The summed E-state index contributed by atoms with van der Waals surface area (Å²) in [5, 5.41) is 3.44. The lowest BCUT2D eigenvalue weighted by molar-refractivity contribution is -0.333. The maximum Gasteiger partial charge on any atom is 0.338 e. The molecule has 0 radical (unpaired) electrons. The third-order valence-corrected chi connectivity index (χ3v) is 8.01. The molecule has 2 aliphatic rings. The number of benzene rings is 1. The van der Waals surface area contributed by atoms with Crippen molar-refractivity contribution in [3.63, 3.8) is 0 Å². The number of nitrogens with zero attached hydrogens (tertiary/aromatic N) is 3. The van der Waals surface area contributed by atoms with E-state index in [1.807, 2.05) is 0 Å². The lowest BCUT2D eigenvalue weighted by atomic mass is 9.95. The molecule has 56 heavy (non-hydrogen) atoms. The highest BCUT2D eigenvalue weighted by Gasteiger charge is 2.58. The van der Waals surface area contributed by atoms with Gasteiger partial charge in [0.25, 0.3) is 0 Å². The van der Waals surface area contributed by atoms with Crippen molar-refractivity contribution in [3.05, 3.63) is 50.2 Å². The Kier molecular flexibility index (Phi) is 13.9. The molecule has 2 fully saturated rings. The van der Waals surface area contributed by atoms with E-state index in [1.54, 1.807) is 0 Å².